The van der Waals surface area contributed by atoms with Crippen LogP contribution >= 0.6 is 11.3 Å². The van der Waals surface area contributed by atoms with E-state index in [0.717, 1.165) is 29.4 Å². The third-order valence-electron chi connectivity index (χ3n) is 4.68. The van der Waals surface area contributed by atoms with Gasteiger partial charge in [0.05, 0.1) is 16.3 Å². The molecule has 0 aliphatic carbocycles. The molecule has 0 spiro atoms. The number of hydrogen-bond donors (Lipinski definition) is 1. The molecule has 6 nitrogen and oxygen atoms in total. The molecule has 0 radical (unpaired) electrons. The van der Waals surface area contributed by atoms with Crippen molar-refractivity contribution in [2.24, 2.45) is 0 Å². The third kappa shape index (κ3) is 4.46. The van der Waals surface area contributed by atoms with E-state index in [1.54, 1.807) is 46.6 Å². The van der Waals surface area contributed by atoms with Crippen LogP contribution in [0, 0.1) is 6.92 Å². The molecule has 1 aromatic heterocycles. The molecule has 4 rings (SSSR count). The van der Waals surface area contributed by atoms with Crippen LogP contribution in [0.2, 0.25) is 0 Å². The largest absolute Gasteiger partial charge is 0.486 e. The fourth-order valence-electron chi connectivity index (χ4n) is 3.25. The van der Waals surface area contributed by atoms with Gasteiger partial charge in [0, 0.05) is 29.7 Å². The Morgan fingerprint density at radius 3 is 2.69 bits per heavy atom. The van der Waals surface area contributed by atoms with Gasteiger partial charge >= 0.3 is 0 Å². The summed E-state index contributed by atoms with van der Waals surface area (Å²) in [5.74, 6) is 0.401. The van der Waals surface area contributed by atoms with Gasteiger partial charge in [0.2, 0.25) is 5.91 Å². The van der Waals surface area contributed by atoms with Crippen molar-refractivity contribution in [3.8, 4) is 5.75 Å². The molecule has 1 aliphatic rings. The summed E-state index contributed by atoms with van der Waals surface area (Å²) in [5.41, 5.74) is 2.82. The Kier molecular flexibility index (Phi) is 5.57. The van der Waals surface area contributed by atoms with Crippen LogP contribution < -0.4 is 15.0 Å². The van der Waals surface area contributed by atoms with Crippen molar-refractivity contribution in [2.75, 3.05) is 16.8 Å². The summed E-state index contributed by atoms with van der Waals surface area (Å²) in [5, 5.41) is 5.82. The van der Waals surface area contributed by atoms with Crippen LogP contribution in [-0.4, -0.2) is 23.3 Å². The van der Waals surface area contributed by atoms with Crippen LogP contribution in [-0.2, 0) is 11.4 Å². The Labute approximate surface area is 173 Å². The van der Waals surface area contributed by atoms with Crippen LogP contribution in [0.3, 0.4) is 0 Å². The summed E-state index contributed by atoms with van der Waals surface area (Å²) in [6.07, 6.45) is 1.48. The van der Waals surface area contributed by atoms with E-state index in [1.165, 1.54) is 0 Å². The number of aromatic nitrogens is 1. The average Bonchev–Trinajstić information content (AvgIpc) is 3.35. The predicted octanol–water partition coefficient (Wildman–Crippen LogP) is 4.41. The second-order valence-corrected chi connectivity index (χ2v) is 7.85. The molecule has 1 N–H and O–H groups in total. The summed E-state index contributed by atoms with van der Waals surface area (Å²) >= 11 is 1.57. The highest BCUT2D eigenvalue weighted by atomic mass is 32.1. The normalized spacial score (nSPS) is 13.6. The molecule has 1 fully saturated rings. The standard InChI is InChI=1S/C22H21N3O3S/c1-15-23-17(14-29-15)13-28-20-6-3-2-5-19(20)22(27)24-16-8-10-18(11-9-16)25-12-4-7-21(25)26/h2-3,5-6,8-11,14H,4,7,12-13H2,1H3,(H,24,27). The Hall–Kier alpha value is -3.19. The van der Waals surface area contributed by atoms with Crippen molar-refractivity contribution >= 4 is 34.5 Å². The Balaban J connectivity index is 1.43. The molecular weight excluding hydrogens is 386 g/mol. The van der Waals surface area contributed by atoms with Crippen molar-refractivity contribution in [3.05, 3.63) is 70.2 Å². The molecule has 0 atom stereocenters. The monoisotopic (exact) mass is 407 g/mol. The molecule has 1 saturated heterocycles. The second-order valence-electron chi connectivity index (χ2n) is 6.79. The fraction of sp³-hybridized carbons (Fsp3) is 0.227. The first-order valence-electron chi connectivity index (χ1n) is 9.45. The molecule has 2 heterocycles. The molecule has 29 heavy (non-hydrogen) atoms. The number of thiazole rings is 1. The van der Waals surface area contributed by atoms with Gasteiger partial charge in [-0.25, -0.2) is 4.98 Å². The smallest absolute Gasteiger partial charge is 0.259 e. The zero-order valence-electron chi connectivity index (χ0n) is 16.1. The molecule has 2 aromatic carbocycles. The third-order valence-corrected chi connectivity index (χ3v) is 5.51. The number of ether oxygens (including phenoxy) is 1. The lowest BCUT2D eigenvalue weighted by Crippen LogP contribution is -2.23. The highest BCUT2D eigenvalue weighted by Gasteiger charge is 2.21. The topological polar surface area (TPSA) is 71.5 Å². The van der Waals surface area contributed by atoms with Gasteiger partial charge in [0.25, 0.3) is 5.91 Å². The van der Waals surface area contributed by atoms with Crippen molar-refractivity contribution in [1.82, 2.24) is 4.98 Å². The number of carbonyl (C=O) groups is 2. The number of hydrogen-bond acceptors (Lipinski definition) is 5. The molecule has 148 valence electrons. The van der Waals surface area contributed by atoms with Gasteiger partial charge in [-0.2, -0.15) is 0 Å². The number of nitrogens with one attached hydrogen (secondary N) is 1. The molecule has 0 bridgehead atoms. The van der Waals surface area contributed by atoms with E-state index in [2.05, 4.69) is 10.3 Å². The lowest BCUT2D eigenvalue weighted by Gasteiger charge is -2.16. The van der Waals surface area contributed by atoms with E-state index in [4.69, 9.17) is 4.74 Å². The van der Waals surface area contributed by atoms with Gasteiger partial charge in [-0.1, -0.05) is 12.1 Å². The van der Waals surface area contributed by atoms with Crippen LogP contribution in [0.4, 0.5) is 11.4 Å². The number of amides is 2. The molecule has 0 unspecified atom stereocenters. The van der Waals surface area contributed by atoms with Gasteiger partial charge < -0.3 is 15.0 Å². The zero-order chi connectivity index (χ0) is 20.2. The zero-order valence-corrected chi connectivity index (χ0v) is 16.9. The molecule has 3 aromatic rings. The maximum atomic E-state index is 12.8. The highest BCUT2D eigenvalue weighted by Crippen LogP contribution is 2.25. The van der Waals surface area contributed by atoms with E-state index in [-0.39, 0.29) is 11.8 Å². The number of nitrogens with zero attached hydrogens (tertiary/aromatic N) is 2. The van der Waals surface area contributed by atoms with E-state index >= 15 is 0 Å². The van der Waals surface area contributed by atoms with E-state index in [1.807, 2.05) is 30.5 Å². The maximum Gasteiger partial charge on any atom is 0.259 e. The van der Waals surface area contributed by atoms with Gasteiger partial charge in [0.15, 0.2) is 0 Å². The molecule has 1 aliphatic heterocycles. The quantitative estimate of drug-likeness (QED) is 0.657. The molecule has 0 saturated carbocycles. The minimum absolute atomic E-state index is 0.142. The number of carbonyl (C=O) groups excluding carboxylic acids is 2. The van der Waals surface area contributed by atoms with Gasteiger partial charge in [-0.05, 0) is 49.7 Å². The first kappa shape index (κ1) is 19.1. The summed E-state index contributed by atoms with van der Waals surface area (Å²) in [7, 11) is 0. The number of para-hydroxylation sites is 1. The van der Waals surface area contributed by atoms with Crippen LogP contribution in [0.5, 0.6) is 5.75 Å². The first-order valence-corrected chi connectivity index (χ1v) is 10.3. The van der Waals surface area contributed by atoms with E-state index in [0.29, 0.717) is 30.0 Å². The second kappa shape index (κ2) is 8.45. The number of anilines is 2. The van der Waals surface area contributed by atoms with E-state index in [9.17, 15) is 9.59 Å². The Morgan fingerprint density at radius 1 is 1.21 bits per heavy atom. The molecular formula is C22H21N3O3S. The fourth-order valence-corrected chi connectivity index (χ4v) is 3.85. The van der Waals surface area contributed by atoms with Crippen LogP contribution in [0.1, 0.15) is 33.9 Å². The predicted molar refractivity (Wildman–Crippen MR) is 114 cm³/mol. The maximum absolute atomic E-state index is 12.8. The van der Waals surface area contributed by atoms with Crippen LogP contribution in [0.15, 0.2) is 53.9 Å². The van der Waals surface area contributed by atoms with Gasteiger partial charge in [-0.15, -0.1) is 11.3 Å². The highest BCUT2D eigenvalue weighted by molar-refractivity contribution is 7.09. The van der Waals surface area contributed by atoms with E-state index < -0.39 is 0 Å². The van der Waals surface area contributed by atoms with Crippen molar-refractivity contribution in [2.45, 2.75) is 26.4 Å². The lowest BCUT2D eigenvalue weighted by molar-refractivity contribution is -0.117. The lowest BCUT2D eigenvalue weighted by atomic mass is 10.1. The van der Waals surface area contributed by atoms with Crippen molar-refractivity contribution in [1.29, 1.82) is 0 Å². The summed E-state index contributed by atoms with van der Waals surface area (Å²) < 4.78 is 5.83. The number of benzene rings is 2. The molecule has 7 heteroatoms. The van der Waals surface area contributed by atoms with Crippen molar-refractivity contribution in [3.63, 3.8) is 0 Å². The van der Waals surface area contributed by atoms with Crippen LogP contribution in [0.25, 0.3) is 0 Å². The van der Waals surface area contributed by atoms with Gasteiger partial charge in [0.1, 0.15) is 12.4 Å². The first-order chi connectivity index (χ1) is 14.1. The minimum Gasteiger partial charge on any atom is -0.486 e. The summed E-state index contributed by atoms with van der Waals surface area (Å²) in [6, 6.07) is 14.5. The minimum atomic E-state index is -0.250. The molecule has 2 amide bonds. The number of rotatable bonds is 6. The SMILES string of the molecule is Cc1nc(COc2ccccc2C(=O)Nc2ccc(N3CCCC3=O)cc2)cs1. The van der Waals surface area contributed by atoms with Crippen molar-refractivity contribution < 1.29 is 14.3 Å². The Bertz CT molecular complexity index is 1030. The average molecular weight is 407 g/mol. The summed E-state index contributed by atoms with van der Waals surface area (Å²) in [4.78, 5) is 30.8. The summed E-state index contributed by atoms with van der Waals surface area (Å²) in [6.45, 7) is 3.00. The number of aryl methyl sites for hydroxylation is 1. The Morgan fingerprint density at radius 2 is 2.00 bits per heavy atom. The van der Waals surface area contributed by atoms with Gasteiger partial charge in [-0.3, -0.25) is 9.59 Å².